The quantitative estimate of drug-likeness (QED) is 0.251. The highest BCUT2D eigenvalue weighted by molar-refractivity contribution is 7.92. The van der Waals surface area contributed by atoms with Gasteiger partial charge in [-0.3, -0.25) is 9.52 Å². The van der Waals surface area contributed by atoms with Crippen LogP contribution in [0.2, 0.25) is 5.02 Å². The van der Waals surface area contributed by atoms with E-state index in [1.54, 1.807) is 20.0 Å². The average molecular weight is 719 g/mol. The Balaban J connectivity index is 1.62. The van der Waals surface area contributed by atoms with Gasteiger partial charge < -0.3 is 29.7 Å². The minimum atomic E-state index is -4.01. The highest BCUT2D eigenvalue weighted by atomic mass is 35.5. The number of amides is 3. The van der Waals surface area contributed by atoms with Crippen molar-refractivity contribution in [2.75, 3.05) is 43.4 Å². The number of carbonyl (C=O) groups excluding carboxylic acids is 2. The Morgan fingerprint density at radius 1 is 1.08 bits per heavy atom. The Labute approximate surface area is 292 Å². The van der Waals surface area contributed by atoms with Crippen LogP contribution in [-0.2, 0) is 14.8 Å². The first-order valence-electron chi connectivity index (χ1n) is 16.2. The lowest BCUT2D eigenvalue weighted by molar-refractivity contribution is -0.0115. The second-order valence-corrected chi connectivity index (χ2v) is 14.5. The van der Waals surface area contributed by atoms with Crippen LogP contribution >= 0.6 is 11.6 Å². The third-order valence-electron chi connectivity index (χ3n) is 8.32. The summed E-state index contributed by atoms with van der Waals surface area (Å²) in [6, 6.07) is 14.7. The molecule has 1 aliphatic rings. The van der Waals surface area contributed by atoms with Gasteiger partial charge in [-0.15, -0.1) is 0 Å². The molecule has 3 aromatic rings. The van der Waals surface area contributed by atoms with Gasteiger partial charge in [-0.25, -0.2) is 17.6 Å². The summed E-state index contributed by atoms with van der Waals surface area (Å²) in [6.45, 7) is 5.94. The fourth-order valence-electron chi connectivity index (χ4n) is 5.38. The molecule has 0 saturated carbocycles. The van der Waals surface area contributed by atoms with E-state index in [0.717, 1.165) is 12.8 Å². The molecule has 14 heteroatoms. The number of likely N-dealkylation sites (N-methyl/N-ethyl adjacent to an activating group) is 1. The van der Waals surface area contributed by atoms with Gasteiger partial charge in [0.2, 0.25) is 0 Å². The molecule has 3 amide bonds. The van der Waals surface area contributed by atoms with Crippen LogP contribution in [0.5, 0.6) is 5.75 Å². The van der Waals surface area contributed by atoms with E-state index in [1.165, 1.54) is 70.5 Å². The van der Waals surface area contributed by atoms with Crippen molar-refractivity contribution in [3.05, 3.63) is 83.1 Å². The zero-order chi connectivity index (χ0) is 35.7. The molecule has 3 N–H and O–H groups in total. The van der Waals surface area contributed by atoms with Gasteiger partial charge >= 0.3 is 6.03 Å². The first kappa shape index (κ1) is 37.9. The number of ether oxygens (including phenoxy) is 2. The molecule has 4 rings (SSSR count). The van der Waals surface area contributed by atoms with Gasteiger partial charge in [0.1, 0.15) is 11.6 Å². The normalized spacial score (nSPS) is 19.9. The van der Waals surface area contributed by atoms with Gasteiger partial charge in [-0.05, 0) is 99.8 Å². The number of halogens is 2. The summed E-state index contributed by atoms with van der Waals surface area (Å²) in [7, 11) is -2.38. The Kier molecular flexibility index (Phi) is 13.3. The summed E-state index contributed by atoms with van der Waals surface area (Å²) in [4.78, 5) is 30.3. The van der Waals surface area contributed by atoms with Crippen molar-refractivity contribution in [2.24, 2.45) is 5.92 Å². The molecule has 49 heavy (non-hydrogen) atoms. The largest absolute Gasteiger partial charge is 0.490 e. The van der Waals surface area contributed by atoms with E-state index >= 15 is 0 Å². The Hall–Kier alpha value is -3.91. The van der Waals surface area contributed by atoms with Crippen molar-refractivity contribution >= 4 is 44.9 Å². The van der Waals surface area contributed by atoms with E-state index in [4.69, 9.17) is 21.1 Å². The van der Waals surface area contributed by atoms with Crippen LogP contribution in [0.4, 0.5) is 20.6 Å². The van der Waals surface area contributed by atoms with Gasteiger partial charge in [0.05, 0.1) is 35.3 Å². The number of aliphatic hydroxyl groups is 1. The van der Waals surface area contributed by atoms with Crippen molar-refractivity contribution in [1.29, 1.82) is 0 Å². The molecule has 3 aromatic carbocycles. The Bertz CT molecular complexity index is 1680. The number of carbonyl (C=O) groups is 2. The van der Waals surface area contributed by atoms with E-state index in [-0.39, 0.29) is 53.6 Å². The van der Waals surface area contributed by atoms with Crippen LogP contribution in [0.25, 0.3) is 0 Å². The van der Waals surface area contributed by atoms with Crippen LogP contribution < -0.4 is 14.8 Å². The van der Waals surface area contributed by atoms with E-state index in [1.807, 2.05) is 13.8 Å². The number of fused-ring (bicyclic) bond motifs is 1. The zero-order valence-corrected chi connectivity index (χ0v) is 29.6. The lowest BCUT2D eigenvalue weighted by Gasteiger charge is -2.35. The third kappa shape index (κ3) is 10.5. The summed E-state index contributed by atoms with van der Waals surface area (Å²) in [5.41, 5.74) is 0.719. The second kappa shape index (κ2) is 17.1. The standard InChI is InChI=1S/C35H44ClFN4O7S/c1-23-20-41(24(2)22-42)34(43)31-19-29(39-49(45,46)30-15-8-26(36)9-16-30)14-17-32(31)48-25(3)7-5-6-18-47-33(23)21-40(4)35(44)38-28-12-10-27(37)11-13-28/h8-17,19,23-25,33,39,42H,5-7,18,20-22H2,1-4H3,(H,38,44)/t23-,24+,25-,33+/m0/s1. The molecule has 0 aliphatic carbocycles. The molecular weight excluding hydrogens is 675 g/mol. The minimum Gasteiger partial charge on any atom is -0.490 e. The number of anilines is 2. The number of aliphatic hydroxyl groups excluding tert-OH is 1. The summed E-state index contributed by atoms with van der Waals surface area (Å²) in [5.74, 6) is -0.904. The maximum atomic E-state index is 14.3. The van der Waals surface area contributed by atoms with Crippen molar-refractivity contribution in [3.8, 4) is 5.75 Å². The second-order valence-electron chi connectivity index (χ2n) is 12.4. The maximum absolute atomic E-state index is 14.3. The minimum absolute atomic E-state index is 0.0000990. The monoisotopic (exact) mass is 718 g/mol. The highest BCUT2D eigenvalue weighted by Crippen LogP contribution is 2.30. The number of hydrogen-bond acceptors (Lipinski definition) is 7. The number of benzene rings is 3. The molecule has 1 heterocycles. The molecular formula is C35H44ClFN4O7S. The molecule has 11 nitrogen and oxygen atoms in total. The van der Waals surface area contributed by atoms with Gasteiger partial charge in [0, 0.05) is 49.1 Å². The molecule has 0 saturated heterocycles. The maximum Gasteiger partial charge on any atom is 0.321 e. The molecule has 0 bridgehead atoms. The van der Waals surface area contributed by atoms with E-state index in [9.17, 15) is 27.5 Å². The number of hydrogen-bond donors (Lipinski definition) is 3. The van der Waals surface area contributed by atoms with E-state index in [0.29, 0.717) is 23.7 Å². The number of nitrogens with zero attached hydrogens (tertiary/aromatic N) is 2. The van der Waals surface area contributed by atoms with Crippen LogP contribution in [0.1, 0.15) is 50.4 Å². The lowest BCUT2D eigenvalue weighted by atomic mass is 10.0. The highest BCUT2D eigenvalue weighted by Gasteiger charge is 2.31. The molecule has 1 aliphatic heterocycles. The molecule has 0 radical (unpaired) electrons. The van der Waals surface area contributed by atoms with Crippen molar-refractivity contribution < 1.29 is 37.0 Å². The molecule has 4 atom stereocenters. The first-order chi connectivity index (χ1) is 23.3. The van der Waals surface area contributed by atoms with Crippen LogP contribution in [0.3, 0.4) is 0 Å². The molecule has 0 fully saturated rings. The van der Waals surface area contributed by atoms with Gasteiger partial charge in [0.15, 0.2) is 0 Å². The molecule has 266 valence electrons. The van der Waals surface area contributed by atoms with Crippen LogP contribution in [0.15, 0.2) is 71.6 Å². The van der Waals surface area contributed by atoms with Crippen LogP contribution in [0, 0.1) is 11.7 Å². The number of urea groups is 1. The smallest absolute Gasteiger partial charge is 0.321 e. The summed E-state index contributed by atoms with van der Waals surface area (Å²) < 4.78 is 54.8. The summed E-state index contributed by atoms with van der Waals surface area (Å²) in [5, 5.41) is 13.3. The number of sulfonamides is 1. The molecule has 0 aromatic heterocycles. The van der Waals surface area contributed by atoms with E-state index in [2.05, 4.69) is 10.0 Å². The SMILES string of the molecule is C[C@H](CO)N1C[C@H](C)[C@@H](CN(C)C(=O)Nc2ccc(F)cc2)OCCCC[C@H](C)Oc2ccc(NS(=O)(=O)c3ccc(Cl)cc3)cc2C1=O. The van der Waals surface area contributed by atoms with Gasteiger partial charge in [-0.1, -0.05) is 18.5 Å². The van der Waals surface area contributed by atoms with Crippen LogP contribution in [-0.4, -0.2) is 86.9 Å². The zero-order valence-electron chi connectivity index (χ0n) is 28.1. The Morgan fingerprint density at radius 2 is 1.76 bits per heavy atom. The van der Waals surface area contributed by atoms with Crippen molar-refractivity contribution in [2.45, 2.75) is 63.2 Å². The predicted molar refractivity (Wildman–Crippen MR) is 187 cm³/mol. The average Bonchev–Trinajstić information content (AvgIpc) is 3.07. The molecule has 0 spiro atoms. The molecule has 0 unspecified atom stereocenters. The van der Waals surface area contributed by atoms with Gasteiger partial charge in [0.25, 0.3) is 15.9 Å². The summed E-state index contributed by atoms with van der Waals surface area (Å²) >= 11 is 5.94. The third-order valence-corrected chi connectivity index (χ3v) is 9.97. The Morgan fingerprint density at radius 3 is 2.43 bits per heavy atom. The fraction of sp³-hybridized carbons (Fsp3) is 0.429. The van der Waals surface area contributed by atoms with E-state index < -0.39 is 39.9 Å². The summed E-state index contributed by atoms with van der Waals surface area (Å²) in [6.07, 6.45) is 1.42. The van der Waals surface area contributed by atoms with Crippen molar-refractivity contribution in [3.63, 3.8) is 0 Å². The fourth-order valence-corrected chi connectivity index (χ4v) is 6.56. The topological polar surface area (TPSA) is 138 Å². The first-order valence-corrected chi connectivity index (χ1v) is 18.0. The van der Waals surface area contributed by atoms with Gasteiger partial charge in [-0.2, -0.15) is 0 Å². The predicted octanol–water partition coefficient (Wildman–Crippen LogP) is 6.24. The van der Waals surface area contributed by atoms with Crippen molar-refractivity contribution in [1.82, 2.24) is 9.80 Å². The lowest BCUT2D eigenvalue weighted by Crippen LogP contribution is -2.48. The number of rotatable bonds is 8. The number of nitrogens with one attached hydrogen (secondary N) is 2.